The predicted octanol–water partition coefficient (Wildman–Crippen LogP) is 4.36. The summed E-state index contributed by atoms with van der Waals surface area (Å²) < 4.78 is 13.9. The van der Waals surface area contributed by atoms with E-state index >= 15 is 0 Å². The van der Waals surface area contributed by atoms with E-state index in [1.165, 1.54) is 23.9 Å². The Morgan fingerprint density at radius 3 is 2.70 bits per heavy atom. The average Bonchev–Trinajstić information content (AvgIpc) is 2.53. The first-order valence-electron chi connectivity index (χ1n) is 6.96. The van der Waals surface area contributed by atoms with Gasteiger partial charge in [-0.15, -0.1) is 11.8 Å². The molecule has 0 aliphatic rings. The maximum absolute atomic E-state index is 12.9. The number of nitrogens with one attached hydrogen (secondary N) is 1. The molecule has 0 unspecified atom stereocenters. The summed E-state index contributed by atoms with van der Waals surface area (Å²) in [6, 6.07) is 14.0. The number of thioether (sulfide) groups is 1. The minimum Gasteiger partial charge on any atom is -0.272 e. The van der Waals surface area contributed by atoms with E-state index in [1.807, 2.05) is 24.3 Å². The third kappa shape index (κ3) is 6.15. The van der Waals surface area contributed by atoms with Gasteiger partial charge in [0.05, 0.1) is 11.5 Å². The maximum Gasteiger partial charge on any atom is 0.250 e. The zero-order chi connectivity index (χ0) is 16.7. The van der Waals surface area contributed by atoms with Gasteiger partial charge in [-0.2, -0.15) is 5.10 Å². The SMILES string of the molecule is C/C(=N/NC(=O)CSCc1cccc(Br)c1)c1ccc(F)cc1. The lowest BCUT2D eigenvalue weighted by Gasteiger charge is -2.04. The lowest BCUT2D eigenvalue weighted by atomic mass is 10.1. The number of amides is 1. The molecule has 0 fully saturated rings. The third-order valence-corrected chi connectivity index (χ3v) is 4.50. The highest BCUT2D eigenvalue weighted by molar-refractivity contribution is 9.10. The van der Waals surface area contributed by atoms with Crippen LogP contribution in [0.5, 0.6) is 0 Å². The molecule has 0 aromatic heterocycles. The Morgan fingerprint density at radius 1 is 1.26 bits per heavy atom. The Hall–Kier alpha value is -1.66. The molecule has 2 rings (SSSR count). The van der Waals surface area contributed by atoms with Gasteiger partial charge in [0.15, 0.2) is 0 Å². The minimum atomic E-state index is -0.297. The number of rotatable bonds is 6. The second-order valence-corrected chi connectivity index (χ2v) is 6.76. The van der Waals surface area contributed by atoms with Crippen molar-refractivity contribution in [2.75, 3.05) is 5.75 Å². The summed E-state index contributed by atoms with van der Waals surface area (Å²) in [7, 11) is 0. The van der Waals surface area contributed by atoms with Gasteiger partial charge in [0, 0.05) is 10.2 Å². The Morgan fingerprint density at radius 2 is 2.00 bits per heavy atom. The second-order valence-electron chi connectivity index (χ2n) is 4.86. The lowest BCUT2D eigenvalue weighted by Crippen LogP contribution is -2.21. The van der Waals surface area contributed by atoms with Crippen molar-refractivity contribution >= 4 is 39.3 Å². The van der Waals surface area contributed by atoms with E-state index in [0.29, 0.717) is 11.5 Å². The maximum atomic E-state index is 12.9. The summed E-state index contributed by atoms with van der Waals surface area (Å²) >= 11 is 4.94. The van der Waals surface area contributed by atoms with Gasteiger partial charge in [-0.1, -0.05) is 40.2 Å². The molecule has 0 saturated carbocycles. The first-order chi connectivity index (χ1) is 11.0. The van der Waals surface area contributed by atoms with E-state index in [-0.39, 0.29) is 11.7 Å². The van der Waals surface area contributed by atoms with E-state index in [1.54, 1.807) is 19.1 Å². The van der Waals surface area contributed by atoms with Crippen molar-refractivity contribution in [3.63, 3.8) is 0 Å². The summed E-state index contributed by atoms with van der Waals surface area (Å²) in [5.41, 5.74) is 5.08. The molecule has 0 heterocycles. The molecule has 1 amide bonds. The van der Waals surface area contributed by atoms with E-state index in [9.17, 15) is 9.18 Å². The molecular formula is C17H16BrFN2OS. The van der Waals surface area contributed by atoms with E-state index in [2.05, 4.69) is 26.5 Å². The van der Waals surface area contributed by atoms with Crippen LogP contribution in [0.15, 0.2) is 58.1 Å². The summed E-state index contributed by atoms with van der Waals surface area (Å²) in [6.45, 7) is 1.77. The number of hydrazone groups is 1. The number of halogens is 2. The number of hydrogen-bond donors (Lipinski definition) is 1. The van der Waals surface area contributed by atoms with Gasteiger partial charge in [-0.3, -0.25) is 4.79 Å². The van der Waals surface area contributed by atoms with Crippen LogP contribution in [0.25, 0.3) is 0 Å². The first-order valence-corrected chi connectivity index (χ1v) is 8.90. The first kappa shape index (κ1) is 17.7. The van der Waals surface area contributed by atoms with Gasteiger partial charge in [-0.05, 0) is 42.3 Å². The molecule has 0 aliphatic carbocycles. The predicted molar refractivity (Wildman–Crippen MR) is 97.1 cm³/mol. The van der Waals surface area contributed by atoms with Crippen molar-refractivity contribution in [3.8, 4) is 0 Å². The highest BCUT2D eigenvalue weighted by atomic mass is 79.9. The molecule has 0 atom stereocenters. The average molecular weight is 395 g/mol. The highest BCUT2D eigenvalue weighted by Gasteiger charge is 2.03. The summed E-state index contributed by atoms with van der Waals surface area (Å²) in [5, 5.41) is 4.04. The number of carbonyl (C=O) groups excluding carboxylic acids is 1. The van der Waals surface area contributed by atoms with E-state index in [4.69, 9.17) is 0 Å². The molecule has 0 saturated heterocycles. The summed E-state index contributed by atoms with van der Waals surface area (Å²) in [6.07, 6.45) is 0. The molecule has 3 nitrogen and oxygen atoms in total. The normalized spacial score (nSPS) is 11.3. The second kappa shape index (κ2) is 8.84. The van der Waals surface area contributed by atoms with Gasteiger partial charge >= 0.3 is 0 Å². The Labute approximate surface area is 147 Å². The van der Waals surface area contributed by atoms with Crippen molar-refractivity contribution in [2.45, 2.75) is 12.7 Å². The lowest BCUT2D eigenvalue weighted by molar-refractivity contribution is -0.118. The van der Waals surface area contributed by atoms with Crippen molar-refractivity contribution < 1.29 is 9.18 Å². The third-order valence-electron chi connectivity index (χ3n) is 3.00. The zero-order valence-corrected chi connectivity index (χ0v) is 15.0. The van der Waals surface area contributed by atoms with Crippen molar-refractivity contribution in [3.05, 3.63) is 69.9 Å². The molecule has 2 aromatic rings. The molecule has 0 aliphatic heterocycles. The van der Waals surface area contributed by atoms with Gasteiger partial charge in [-0.25, -0.2) is 9.82 Å². The van der Waals surface area contributed by atoms with Crippen LogP contribution in [0.4, 0.5) is 4.39 Å². The molecular weight excluding hydrogens is 379 g/mol. The fraction of sp³-hybridized carbons (Fsp3) is 0.176. The molecule has 1 N–H and O–H groups in total. The Kier molecular flexibility index (Phi) is 6.80. The van der Waals surface area contributed by atoms with Crippen molar-refractivity contribution in [2.24, 2.45) is 5.10 Å². The minimum absolute atomic E-state index is 0.161. The molecule has 23 heavy (non-hydrogen) atoms. The number of hydrogen-bond acceptors (Lipinski definition) is 3. The Balaban J connectivity index is 1.78. The van der Waals surface area contributed by atoms with Crippen LogP contribution in [0.3, 0.4) is 0 Å². The van der Waals surface area contributed by atoms with Crippen LogP contribution in [0.2, 0.25) is 0 Å². The smallest absolute Gasteiger partial charge is 0.250 e. The number of nitrogens with zero attached hydrogens (tertiary/aromatic N) is 1. The molecule has 0 bridgehead atoms. The number of benzene rings is 2. The Bertz CT molecular complexity index is 704. The van der Waals surface area contributed by atoms with Gasteiger partial charge in [0.1, 0.15) is 5.82 Å². The standard InChI is InChI=1S/C17H16BrFN2OS/c1-12(14-5-7-16(19)8-6-14)20-21-17(22)11-23-10-13-3-2-4-15(18)9-13/h2-9H,10-11H2,1H3,(H,21,22)/b20-12-. The highest BCUT2D eigenvalue weighted by Crippen LogP contribution is 2.16. The van der Waals surface area contributed by atoms with Crippen molar-refractivity contribution in [1.29, 1.82) is 0 Å². The van der Waals surface area contributed by atoms with E-state index in [0.717, 1.165) is 21.4 Å². The van der Waals surface area contributed by atoms with Gasteiger partial charge in [0.2, 0.25) is 5.91 Å². The van der Waals surface area contributed by atoms with E-state index < -0.39 is 0 Å². The van der Waals surface area contributed by atoms with Crippen LogP contribution in [-0.2, 0) is 10.5 Å². The molecule has 2 aromatic carbocycles. The monoisotopic (exact) mass is 394 g/mol. The summed E-state index contributed by atoms with van der Waals surface area (Å²) in [4.78, 5) is 11.8. The zero-order valence-electron chi connectivity index (χ0n) is 12.6. The molecule has 6 heteroatoms. The quantitative estimate of drug-likeness (QED) is 0.583. The molecule has 120 valence electrons. The summed E-state index contributed by atoms with van der Waals surface area (Å²) in [5.74, 6) is 0.626. The number of carbonyl (C=O) groups is 1. The fourth-order valence-electron chi connectivity index (χ4n) is 1.82. The van der Waals surface area contributed by atoms with Crippen LogP contribution in [-0.4, -0.2) is 17.4 Å². The van der Waals surface area contributed by atoms with Crippen molar-refractivity contribution in [1.82, 2.24) is 5.43 Å². The van der Waals surface area contributed by atoms with Gasteiger partial charge in [0.25, 0.3) is 0 Å². The van der Waals surface area contributed by atoms with Gasteiger partial charge < -0.3 is 0 Å². The van der Waals surface area contributed by atoms with Crippen LogP contribution >= 0.6 is 27.7 Å². The molecule has 0 radical (unpaired) electrons. The molecule has 0 spiro atoms. The van der Waals surface area contributed by atoms with Crippen LogP contribution < -0.4 is 5.43 Å². The van der Waals surface area contributed by atoms with Crippen LogP contribution in [0.1, 0.15) is 18.1 Å². The largest absolute Gasteiger partial charge is 0.272 e. The topological polar surface area (TPSA) is 41.5 Å². The van der Waals surface area contributed by atoms with Crippen LogP contribution in [0, 0.1) is 5.82 Å². The fourth-order valence-corrected chi connectivity index (χ4v) is 3.04.